The van der Waals surface area contributed by atoms with Gasteiger partial charge in [-0.05, 0) is 27.0 Å². The van der Waals surface area contributed by atoms with Crippen molar-refractivity contribution in [3.05, 3.63) is 0 Å². The number of carbonyl (C=O) groups is 2. The van der Waals surface area contributed by atoms with Crippen LogP contribution < -0.4 is 10.6 Å². The zero-order valence-electron chi connectivity index (χ0n) is 10.1. The van der Waals surface area contributed by atoms with Gasteiger partial charge in [0.2, 0.25) is 0 Å². The largest absolute Gasteiger partial charge is 0.481 e. The maximum Gasteiger partial charge on any atom is 0.315 e. The van der Waals surface area contributed by atoms with Gasteiger partial charge in [-0.25, -0.2) is 4.79 Å². The molecule has 0 heterocycles. The van der Waals surface area contributed by atoms with Crippen LogP contribution in [-0.4, -0.2) is 41.2 Å². The summed E-state index contributed by atoms with van der Waals surface area (Å²) in [4.78, 5) is 22.1. The second kappa shape index (κ2) is 7.38. The number of rotatable bonds is 6. The molecular weight excluding hydrogens is 228 g/mol. The van der Waals surface area contributed by atoms with Crippen LogP contribution in [0.4, 0.5) is 4.79 Å². The average Bonchev–Trinajstić information content (AvgIpc) is 2.16. The molecule has 0 saturated heterocycles. The van der Waals surface area contributed by atoms with Gasteiger partial charge >= 0.3 is 12.0 Å². The van der Waals surface area contributed by atoms with E-state index in [0.717, 1.165) is 5.75 Å². The highest BCUT2D eigenvalue weighted by atomic mass is 32.2. The Balaban J connectivity index is 4.00. The second-order valence-corrected chi connectivity index (χ2v) is 4.80. The molecule has 0 aliphatic rings. The van der Waals surface area contributed by atoms with Gasteiger partial charge in [-0.15, -0.1) is 0 Å². The van der Waals surface area contributed by atoms with Gasteiger partial charge in [-0.3, -0.25) is 4.79 Å². The lowest BCUT2D eigenvalue weighted by Gasteiger charge is -2.20. The molecule has 16 heavy (non-hydrogen) atoms. The molecule has 2 amide bonds. The van der Waals surface area contributed by atoms with E-state index in [1.54, 1.807) is 25.6 Å². The number of urea groups is 1. The summed E-state index contributed by atoms with van der Waals surface area (Å²) in [6.45, 7) is 5.15. The number of nitrogens with one attached hydrogen (secondary N) is 2. The van der Waals surface area contributed by atoms with Crippen molar-refractivity contribution in [2.75, 3.05) is 12.0 Å². The molecule has 0 saturated carbocycles. The van der Waals surface area contributed by atoms with E-state index in [0.29, 0.717) is 0 Å². The Kier molecular flexibility index (Phi) is 6.96. The van der Waals surface area contributed by atoms with Gasteiger partial charge in [0.1, 0.15) is 0 Å². The minimum atomic E-state index is -0.912. The molecular formula is C10H20N2O3S. The SMILES string of the molecule is CSCC(C)NC(=O)NC(C)C(C)C(=O)O. The van der Waals surface area contributed by atoms with Crippen LogP contribution >= 0.6 is 11.8 Å². The molecule has 3 unspecified atom stereocenters. The molecule has 0 radical (unpaired) electrons. The van der Waals surface area contributed by atoms with Crippen molar-refractivity contribution in [3.63, 3.8) is 0 Å². The van der Waals surface area contributed by atoms with E-state index in [4.69, 9.17) is 5.11 Å². The number of aliphatic carboxylic acids is 1. The Morgan fingerprint density at radius 3 is 2.25 bits per heavy atom. The fourth-order valence-electron chi connectivity index (χ4n) is 1.10. The Morgan fingerprint density at radius 1 is 1.25 bits per heavy atom. The lowest BCUT2D eigenvalue weighted by molar-refractivity contribution is -0.141. The summed E-state index contributed by atoms with van der Waals surface area (Å²) in [5.74, 6) is -0.678. The van der Waals surface area contributed by atoms with E-state index in [1.807, 2.05) is 13.2 Å². The summed E-state index contributed by atoms with van der Waals surface area (Å²) in [6, 6.07) is -0.636. The smallest absolute Gasteiger partial charge is 0.315 e. The molecule has 5 nitrogen and oxygen atoms in total. The quantitative estimate of drug-likeness (QED) is 0.659. The van der Waals surface area contributed by atoms with Gasteiger partial charge in [-0.1, -0.05) is 0 Å². The predicted octanol–water partition coefficient (Wildman–Crippen LogP) is 1.15. The minimum Gasteiger partial charge on any atom is -0.481 e. The Morgan fingerprint density at radius 2 is 1.81 bits per heavy atom. The van der Waals surface area contributed by atoms with Crippen LogP contribution in [0.2, 0.25) is 0 Å². The molecule has 0 aromatic rings. The number of carbonyl (C=O) groups excluding carboxylic acids is 1. The molecule has 0 aliphatic carbocycles. The van der Waals surface area contributed by atoms with Crippen LogP contribution in [-0.2, 0) is 4.79 Å². The van der Waals surface area contributed by atoms with Crippen LogP contribution in [0, 0.1) is 5.92 Å². The third-order valence-electron chi connectivity index (χ3n) is 2.29. The van der Waals surface area contributed by atoms with E-state index in [-0.39, 0.29) is 18.1 Å². The zero-order chi connectivity index (χ0) is 12.7. The van der Waals surface area contributed by atoms with Crippen molar-refractivity contribution in [1.82, 2.24) is 10.6 Å². The van der Waals surface area contributed by atoms with E-state index in [9.17, 15) is 9.59 Å². The number of carboxylic acids is 1. The zero-order valence-corrected chi connectivity index (χ0v) is 10.9. The summed E-state index contributed by atoms with van der Waals surface area (Å²) in [5.41, 5.74) is 0. The molecule has 3 atom stereocenters. The number of thioether (sulfide) groups is 1. The van der Waals surface area contributed by atoms with Gasteiger partial charge in [0.25, 0.3) is 0 Å². The maximum atomic E-state index is 11.4. The lowest BCUT2D eigenvalue weighted by Crippen LogP contribution is -2.48. The highest BCUT2D eigenvalue weighted by Crippen LogP contribution is 2.02. The Hall–Kier alpha value is -0.910. The first-order chi connectivity index (χ1) is 7.38. The van der Waals surface area contributed by atoms with Gasteiger partial charge in [0.05, 0.1) is 5.92 Å². The standard InChI is InChI=1S/C10H20N2O3S/c1-6(5-16-4)11-10(15)12-8(3)7(2)9(13)14/h6-8H,5H2,1-4H3,(H,13,14)(H2,11,12,15). The van der Waals surface area contributed by atoms with Crippen LogP contribution in [0.25, 0.3) is 0 Å². The number of hydrogen-bond acceptors (Lipinski definition) is 3. The predicted molar refractivity (Wildman–Crippen MR) is 65.8 cm³/mol. The molecule has 0 spiro atoms. The van der Waals surface area contributed by atoms with Gasteiger partial charge < -0.3 is 15.7 Å². The molecule has 0 rings (SSSR count). The summed E-state index contributed by atoms with van der Waals surface area (Å²) in [7, 11) is 0. The molecule has 3 N–H and O–H groups in total. The highest BCUT2D eigenvalue weighted by Gasteiger charge is 2.21. The first kappa shape index (κ1) is 15.1. The molecule has 0 aromatic carbocycles. The second-order valence-electron chi connectivity index (χ2n) is 3.89. The summed E-state index contributed by atoms with van der Waals surface area (Å²) >= 11 is 1.65. The number of amides is 2. The molecule has 94 valence electrons. The third-order valence-corrected chi connectivity index (χ3v) is 3.13. The van der Waals surface area contributed by atoms with Crippen molar-refractivity contribution < 1.29 is 14.7 Å². The topological polar surface area (TPSA) is 78.4 Å². The van der Waals surface area contributed by atoms with Crippen LogP contribution in [0.5, 0.6) is 0 Å². The van der Waals surface area contributed by atoms with Crippen LogP contribution in [0.3, 0.4) is 0 Å². The van der Waals surface area contributed by atoms with E-state index in [2.05, 4.69) is 10.6 Å². The molecule has 6 heteroatoms. The molecule has 0 bridgehead atoms. The number of hydrogen-bond donors (Lipinski definition) is 3. The summed E-state index contributed by atoms with van der Waals surface area (Å²) in [6.07, 6.45) is 1.96. The van der Waals surface area contributed by atoms with Crippen molar-refractivity contribution in [2.45, 2.75) is 32.9 Å². The summed E-state index contributed by atoms with van der Waals surface area (Å²) < 4.78 is 0. The molecule has 0 aromatic heterocycles. The van der Waals surface area contributed by atoms with Crippen molar-refractivity contribution in [1.29, 1.82) is 0 Å². The van der Waals surface area contributed by atoms with Gasteiger partial charge in [0, 0.05) is 17.8 Å². The molecule has 0 fully saturated rings. The molecule has 0 aliphatic heterocycles. The normalized spacial score (nSPS) is 16.0. The van der Waals surface area contributed by atoms with E-state index < -0.39 is 11.9 Å². The van der Waals surface area contributed by atoms with E-state index in [1.165, 1.54) is 0 Å². The van der Waals surface area contributed by atoms with Crippen molar-refractivity contribution >= 4 is 23.8 Å². The number of carboxylic acid groups (broad SMARTS) is 1. The lowest BCUT2D eigenvalue weighted by atomic mass is 10.0. The van der Waals surface area contributed by atoms with Gasteiger partial charge in [-0.2, -0.15) is 11.8 Å². The van der Waals surface area contributed by atoms with Crippen molar-refractivity contribution in [3.8, 4) is 0 Å². The van der Waals surface area contributed by atoms with Crippen LogP contribution in [0.15, 0.2) is 0 Å². The Bertz CT molecular complexity index is 248. The third kappa shape index (κ3) is 5.85. The van der Waals surface area contributed by atoms with Gasteiger partial charge in [0.15, 0.2) is 0 Å². The average molecular weight is 248 g/mol. The maximum absolute atomic E-state index is 11.4. The summed E-state index contributed by atoms with van der Waals surface area (Å²) in [5, 5.41) is 14.1. The fourth-order valence-corrected chi connectivity index (χ4v) is 1.69. The van der Waals surface area contributed by atoms with Crippen LogP contribution in [0.1, 0.15) is 20.8 Å². The first-order valence-electron chi connectivity index (χ1n) is 5.17. The first-order valence-corrected chi connectivity index (χ1v) is 6.56. The monoisotopic (exact) mass is 248 g/mol. The highest BCUT2D eigenvalue weighted by molar-refractivity contribution is 7.98. The minimum absolute atomic E-state index is 0.0716. The van der Waals surface area contributed by atoms with Crippen molar-refractivity contribution in [2.24, 2.45) is 5.92 Å². The van der Waals surface area contributed by atoms with E-state index >= 15 is 0 Å². The fraction of sp³-hybridized carbons (Fsp3) is 0.800. The Labute approximate surface area is 100 Å².